The summed E-state index contributed by atoms with van der Waals surface area (Å²) in [7, 11) is 0. The molecule has 1 N–H and O–H groups in total. The van der Waals surface area contributed by atoms with Crippen molar-refractivity contribution >= 4 is 0 Å². The molecule has 3 heteroatoms. The first-order valence-corrected chi connectivity index (χ1v) is 7.52. The Labute approximate surface area is 116 Å². The lowest BCUT2D eigenvalue weighted by atomic mass is 9.98. The van der Waals surface area contributed by atoms with Crippen LogP contribution in [0.5, 0.6) is 0 Å². The van der Waals surface area contributed by atoms with E-state index in [1.807, 2.05) is 12.4 Å². The van der Waals surface area contributed by atoms with Gasteiger partial charge in [0.25, 0.3) is 0 Å². The van der Waals surface area contributed by atoms with E-state index in [4.69, 9.17) is 4.74 Å². The normalized spacial score (nSPS) is 18.3. The third-order valence-corrected chi connectivity index (χ3v) is 3.64. The Bertz CT molecular complexity index is 390. The summed E-state index contributed by atoms with van der Waals surface area (Å²) in [4.78, 5) is 4.34. The van der Waals surface area contributed by atoms with Crippen LogP contribution in [-0.2, 0) is 4.74 Å². The number of pyridine rings is 1. The summed E-state index contributed by atoms with van der Waals surface area (Å²) in [6.45, 7) is 8.19. The highest BCUT2D eigenvalue weighted by Crippen LogP contribution is 2.40. The lowest BCUT2D eigenvalue weighted by Crippen LogP contribution is -2.36. The topological polar surface area (TPSA) is 34.2 Å². The van der Waals surface area contributed by atoms with Crippen molar-refractivity contribution in [3.8, 4) is 0 Å². The fourth-order valence-electron chi connectivity index (χ4n) is 2.59. The molecule has 2 unspecified atom stereocenters. The van der Waals surface area contributed by atoms with Gasteiger partial charge in [-0.2, -0.15) is 0 Å². The van der Waals surface area contributed by atoms with Crippen LogP contribution in [-0.4, -0.2) is 24.2 Å². The summed E-state index contributed by atoms with van der Waals surface area (Å²) in [5.74, 6) is 0.717. The molecule has 0 radical (unpaired) electrons. The van der Waals surface area contributed by atoms with E-state index in [2.05, 4.69) is 37.1 Å². The molecule has 1 fully saturated rings. The van der Waals surface area contributed by atoms with Crippen molar-refractivity contribution < 1.29 is 4.74 Å². The van der Waals surface area contributed by atoms with E-state index >= 15 is 0 Å². The van der Waals surface area contributed by atoms with Crippen LogP contribution in [0.2, 0.25) is 0 Å². The maximum absolute atomic E-state index is 6.03. The van der Waals surface area contributed by atoms with Crippen LogP contribution in [0.1, 0.15) is 50.3 Å². The molecule has 1 saturated carbocycles. The fraction of sp³-hybridized carbons (Fsp3) is 0.688. The summed E-state index contributed by atoms with van der Waals surface area (Å²) >= 11 is 0. The van der Waals surface area contributed by atoms with Gasteiger partial charge in [-0.1, -0.05) is 13.0 Å². The van der Waals surface area contributed by atoms with E-state index in [1.165, 1.54) is 24.0 Å². The van der Waals surface area contributed by atoms with Gasteiger partial charge in [-0.25, -0.2) is 0 Å². The zero-order valence-electron chi connectivity index (χ0n) is 12.4. The number of hydrogen-bond donors (Lipinski definition) is 1. The SMILES string of the molecule is CCCNC(c1cncc(C)c1)C(OCC)C1CC1. The molecule has 1 heterocycles. The predicted octanol–water partition coefficient (Wildman–Crippen LogP) is 3.25. The largest absolute Gasteiger partial charge is 0.376 e. The number of aryl methyl sites for hydroxylation is 1. The molecule has 106 valence electrons. The van der Waals surface area contributed by atoms with Crippen molar-refractivity contribution in [1.82, 2.24) is 10.3 Å². The van der Waals surface area contributed by atoms with Gasteiger partial charge >= 0.3 is 0 Å². The summed E-state index contributed by atoms with van der Waals surface area (Å²) in [6, 6.07) is 2.51. The van der Waals surface area contributed by atoms with Crippen LogP contribution < -0.4 is 5.32 Å². The van der Waals surface area contributed by atoms with Crippen molar-refractivity contribution in [3.05, 3.63) is 29.6 Å². The van der Waals surface area contributed by atoms with E-state index in [1.54, 1.807) is 0 Å². The summed E-state index contributed by atoms with van der Waals surface area (Å²) in [5, 5.41) is 3.65. The Morgan fingerprint density at radius 2 is 2.16 bits per heavy atom. The lowest BCUT2D eigenvalue weighted by Gasteiger charge is -2.28. The molecule has 0 aromatic carbocycles. The molecule has 0 spiro atoms. The van der Waals surface area contributed by atoms with Gasteiger partial charge in [0.1, 0.15) is 0 Å². The van der Waals surface area contributed by atoms with E-state index in [0.29, 0.717) is 6.10 Å². The predicted molar refractivity (Wildman–Crippen MR) is 78.1 cm³/mol. The first kappa shape index (κ1) is 14.5. The smallest absolute Gasteiger partial charge is 0.0798 e. The Balaban J connectivity index is 2.17. The van der Waals surface area contributed by atoms with Gasteiger partial charge in [0.2, 0.25) is 0 Å². The molecular formula is C16H26N2O. The highest BCUT2D eigenvalue weighted by molar-refractivity contribution is 5.22. The van der Waals surface area contributed by atoms with Gasteiger partial charge in [0.05, 0.1) is 12.1 Å². The van der Waals surface area contributed by atoms with Gasteiger partial charge in [-0.15, -0.1) is 0 Å². The van der Waals surface area contributed by atoms with Crippen LogP contribution in [0.25, 0.3) is 0 Å². The summed E-state index contributed by atoms with van der Waals surface area (Å²) in [6.07, 6.45) is 7.92. The highest BCUT2D eigenvalue weighted by atomic mass is 16.5. The molecule has 2 rings (SSSR count). The van der Waals surface area contributed by atoms with Crippen molar-refractivity contribution in [1.29, 1.82) is 0 Å². The molecule has 1 aliphatic carbocycles. The van der Waals surface area contributed by atoms with Gasteiger partial charge < -0.3 is 10.1 Å². The average molecular weight is 262 g/mol. The molecule has 19 heavy (non-hydrogen) atoms. The maximum Gasteiger partial charge on any atom is 0.0798 e. The number of nitrogens with one attached hydrogen (secondary N) is 1. The average Bonchev–Trinajstić information content (AvgIpc) is 3.22. The standard InChI is InChI=1S/C16H26N2O/c1-4-8-18-15(14-9-12(3)10-17-11-14)16(19-5-2)13-6-7-13/h9-11,13,15-16,18H,4-8H2,1-3H3. The number of nitrogens with zero attached hydrogens (tertiary/aromatic N) is 1. The summed E-state index contributed by atoms with van der Waals surface area (Å²) in [5.41, 5.74) is 2.48. The van der Waals surface area contributed by atoms with Crippen molar-refractivity contribution in [2.24, 2.45) is 5.92 Å². The van der Waals surface area contributed by atoms with Gasteiger partial charge in [0, 0.05) is 19.0 Å². The van der Waals surface area contributed by atoms with Gasteiger partial charge in [-0.3, -0.25) is 4.98 Å². The van der Waals surface area contributed by atoms with Crippen molar-refractivity contribution in [2.45, 2.75) is 52.2 Å². The van der Waals surface area contributed by atoms with E-state index in [9.17, 15) is 0 Å². The van der Waals surface area contributed by atoms with Gasteiger partial charge in [0.15, 0.2) is 0 Å². The third kappa shape index (κ3) is 4.02. The van der Waals surface area contributed by atoms with E-state index in [0.717, 1.165) is 25.5 Å². The Morgan fingerprint density at radius 1 is 1.37 bits per heavy atom. The molecule has 3 nitrogen and oxygen atoms in total. The molecular weight excluding hydrogens is 236 g/mol. The second-order valence-electron chi connectivity index (χ2n) is 5.48. The number of aromatic nitrogens is 1. The molecule has 1 aromatic rings. The number of hydrogen-bond acceptors (Lipinski definition) is 3. The van der Waals surface area contributed by atoms with Crippen LogP contribution in [0.4, 0.5) is 0 Å². The van der Waals surface area contributed by atoms with Crippen LogP contribution >= 0.6 is 0 Å². The first-order chi connectivity index (χ1) is 9.26. The molecule has 0 amide bonds. The molecule has 1 aromatic heterocycles. The number of rotatable bonds is 8. The lowest BCUT2D eigenvalue weighted by molar-refractivity contribution is 0.0185. The fourth-order valence-corrected chi connectivity index (χ4v) is 2.59. The quantitative estimate of drug-likeness (QED) is 0.781. The molecule has 0 saturated heterocycles. The highest BCUT2D eigenvalue weighted by Gasteiger charge is 2.37. The van der Waals surface area contributed by atoms with Crippen LogP contribution in [0.15, 0.2) is 18.5 Å². The molecule has 0 bridgehead atoms. The zero-order valence-corrected chi connectivity index (χ0v) is 12.4. The maximum atomic E-state index is 6.03. The minimum Gasteiger partial charge on any atom is -0.376 e. The van der Waals surface area contributed by atoms with Crippen molar-refractivity contribution in [2.75, 3.05) is 13.2 Å². The molecule has 1 aliphatic rings. The first-order valence-electron chi connectivity index (χ1n) is 7.52. The van der Waals surface area contributed by atoms with E-state index in [-0.39, 0.29) is 6.04 Å². The molecule has 0 aliphatic heterocycles. The van der Waals surface area contributed by atoms with E-state index < -0.39 is 0 Å². The Hall–Kier alpha value is -0.930. The second kappa shape index (κ2) is 7.01. The van der Waals surface area contributed by atoms with Crippen molar-refractivity contribution in [3.63, 3.8) is 0 Å². The minimum absolute atomic E-state index is 0.278. The Kier molecular flexibility index (Phi) is 5.34. The second-order valence-corrected chi connectivity index (χ2v) is 5.48. The molecule has 2 atom stereocenters. The monoisotopic (exact) mass is 262 g/mol. The number of ether oxygens (including phenoxy) is 1. The Morgan fingerprint density at radius 3 is 2.74 bits per heavy atom. The van der Waals surface area contributed by atoms with Crippen LogP contribution in [0.3, 0.4) is 0 Å². The van der Waals surface area contributed by atoms with Crippen LogP contribution in [0, 0.1) is 12.8 Å². The minimum atomic E-state index is 0.278. The van der Waals surface area contributed by atoms with Gasteiger partial charge in [-0.05, 0) is 56.7 Å². The summed E-state index contributed by atoms with van der Waals surface area (Å²) < 4.78 is 6.03. The zero-order chi connectivity index (χ0) is 13.7. The third-order valence-electron chi connectivity index (χ3n) is 3.64.